The van der Waals surface area contributed by atoms with Crippen LogP contribution in [0.4, 0.5) is 11.4 Å². The van der Waals surface area contributed by atoms with Crippen LogP contribution >= 0.6 is 0 Å². The van der Waals surface area contributed by atoms with Crippen LogP contribution in [0.2, 0.25) is 0 Å². The number of nitrogens with zero attached hydrogens (tertiary/aromatic N) is 2. The minimum absolute atomic E-state index is 0.0548. The number of hydrogen-bond donors (Lipinski definition) is 0. The predicted octanol–water partition coefficient (Wildman–Crippen LogP) is 6.29. The monoisotopic (exact) mass is 350 g/mol. The molecular formula is C24H34N2. The van der Waals surface area contributed by atoms with Crippen molar-refractivity contribution in [3.63, 3.8) is 0 Å². The second-order valence-corrected chi connectivity index (χ2v) is 9.15. The molecule has 1 fully saturated rings. The molecule has 3 rings (SSSR count). The van der Waals surface area contributed by atoms with Gasteiger partial charge in [-0.3, -0.25) is 0 Å². The quantitative estimate of drug-likeness (QED) is 0.463. The van der Waals surface area contributed by atoms with Gasteiger partial charge in [0, 0.05) is 12.7 Å². The van der Waals surface area contributed by atoms with E-state index in [9.17, 15) is 0 Å². The minimum atomic E-state index is 0.0548. The smallest absolute Gasteiger partial charge is 0.107 e. The lowest BCUT2D eigenvalue weighted by Gasteiger charge is -2.42. The number of likely N-dealkylation sites (N-methyl/N-ethyl adjacent to an activating group) is 1. The molecule has 140 valence electrons. The van der Waals surface area contributed by atoms with Crippen LogP contribution in [0.15, 0.2) is 48.5 Å². The van der Waals surface area contributed by atoms with Crippen molar-refractivity contribution in [2.24, 2.45) is 0 Å². The summed E-state index contributed by atoms with van der Waals surface area (Å²) in [5, 5.41) is 0. The van der Waals surface area contributed by atoms with Crippen LogP contribution in [0.1, 0.15) is 64.5 Å². The summed E-state index contributed by atoms with van der Waals surface area (Å²) in [6.45, 7) is 17.4. The number of quaternary nitrogens is 1. The molecule has 1 aliphatic heterocycles. The Morgan fingerprint density at radius 1 is 0.885 bits per heavy atom. The van der Waals surface area contributed by atoms with Gasteiger partial charge in [0.2, 0.25) is 0 Å². The van der Waals surface area contributed by atoms with E-state index >= 15 is 0 Å². The largest absolute Gasteiger partial charge is 0.460 e. The summed E-state index contributed by atoms with van der Waals surface area (Å²) in [4.78, 5) is 2.56. The van der Waals surface area contributed by atoms with E-state index in [1.165, 1.54) is 22.5 Å². The first-order valence-electron chi connectivity index (χ1n) is 9.85. The molecule has 0 radical (unpaired) electrons. The Morgan fingerprint density at radius 3 is 1.92 bits per heavy atom. The average Bonchev–Trinajstić information content (AvgIpc) is 2.85. The van der Waals surface area contributed by atoms with Crippen LogP contribution in [0.25, 0.3) is 0 Å². The maximum atomic E-state index is 2.56. The molecule has 1 aliphatic rings. The lowest BCUT2D eigenvalue weighted by Crippen LogP contribution is -2.43. The summed E-state index contributed by atoms with van der Waals surface area (Å²) < 4.78 is 0.831. The first-order valence-corrected chi connectivity index (χ1v) is 9.85. The van der Waals surface area contributed by atoms with Gasteiger partial charge >= 0.3 is 0 Å². The number of benzene rings is 2. The van der Waals surface area contributed by atoms with Gasteiger partial charge in [0.15, 0.2) is 0 Å². The average molecular weight is 351 g/mol. The van der Waals surface area contributed by atoms with Crippen molar-refractivity contribution in [2.75, 3.05) is 18.5 Å². The number of para-hydroxylation sites is 2. The molecule has 0 aromatic heterocycles. The van der Waals surface area contributed by atoms with Gasteiger partial charge in [0.25, 0.3) is 0 Å². The van der Waals surface area contributed by atoms with Crippen molar-refractivity contribution in [1.29, 1.82) is 0 Å². The summed E-state index contributed by atoms with van der Waals surface area (Å²) in [5.41, 5.74) is 5.71. The van der Waals surface area contributed by atoms with Crippen molar-refractivity contribution in [3.05, 3.63) is 66.3 Å². The van der Waals surface area contributed by atoms with E-state index in [0.29, 0.717) is 11.8 Å². The van der Waals surface area contributed by atoms with Crippen LogP contribution in [0.5, 0.6) is 0 Å². The second kappa shape index (κ2) is 6.74. The molecule has 1 atom stereocenters. The first-order chi connectivity index (χ1) is 12.2. The van der Waals surface area contributed by atoms with Gasteiger partial charge in [-0.2, -0.15) is 0 Å². The summed E-state index contributed by atoms with van der Waals surface area (Å²) in [6, 6.07) is 17.7. The van der Waals surface area contributed by atoms with E-state index in [1.54, 1.807) is 0 Å². The zero-order valence-corrected chi connectivity index (χ0v) is 17.5. The fraction of sp³-hybridized carbons (Fsp3) is 0.458. The van der Waals surface area contributed by atoms with Gasteiger partial charge in [-0.15, -0.1) is 0 Å². The molecular weight excluding hydrogens is 316 g/mol. The molecule has 2 aromatic rings. The molecule has 0 aliphatic carbocycles. The van der Waals surface area contributed by atoms with Crippen molar-refractivity contribution in [3.8, 4) is 0 Å². The van der Waals surface area contributed by atoms with E-state index in [2.05, 4.69) is 109 Å². The second-order valence-electron chi connectivity index (χ2n) is 9.15. The van der Waals surface area contributed by atoms with E-state index < -0.39 is 0 Å². The topological polar surface area (TPSA) is 3.24 Å². The third kappa shape index (κ3) is 3.27. The normalized spacial score (nSPS) is 22.4. The zero-order chi connectivity index (χ0) is 19.1. The first kappa shape index (κ1) is 19.0. The summed E-state index contributed by atoms with van der Waals surface area (Å²) >= 11 is 0. The predicted molar refractivity (Wildman–Crippen MR) is 115 cm³/mol. The Hall–Kier alpha value is -1.80. The van der Waals surface area contributed by atoms with Crippen molar-refractivity contribution >= 4 is 11.4 Å². The van der Waals surface area contributed by atoms with E-state index in [4.69, 9.17) is 0 Å². The molecule has 0 spiro atoms. The Balaban J connectivity index is 2.13. The highest BCUT2D eigenvalue weighted by molar-refractivity contribution is 5.67. The molecule has 0 saturated carbocycles. The van der Waals surface area contributed by atoms with Gasteiger partial charge in [0.1, 0.15) is 5.69 Å². The van der Waals surface area contributed by atoms with E-state index in [1.807, 2.05) is 0 Å². The van der Waals surface area contributed by atoms with Crippen LogP contribution in [-0.2, 0) is 0 Å². The maximum absolute atomic E-state index is 2.56. The van der Waals surface area contributed by atoms with Gasteiger partial charge in [-0.05, 0) is 55.6 Å². The molecule has 1 heterocycles. The third-order valence-corrected chi connectivity index (χ3v) is 5.67. The standard InChI is InChI=1S/C24H34N2/c1-18(2)21-14-11-15-22(19(3)4)23(21)25-17-26(7,16-24(25,5)6)20-12-9-8-10-13-20/h8-15,17-19H,16H2,1-7H3. The summed E-state index contributed by atoms with van der Waals surface area (Å²) in [5.74, 6) is 1.01. The highest BCUT2D eigenvalue weighted by atomic mass is 15.5. The lowest BCUT2D eigenvalue weighted by molar-refractivity contribution is 0.408. The van der Waals surface area contributed by atoms with Crippen molar-refractivity contribution < 1.29 is 0 Å². The Morgan fingerprint density at radius 2 is 1.42 bits per heavy atom. The lowest BCUT2D eigenvalue weighted by atomic mass is 9.90. The summed E-state index contributed by atoms with van der Waals surface area (Å²) in [7, 11) is 2.32. The molecule has 0 bridgehead atoms. The van der Waals surface area contributed by atoms with E-state index in [0.717, 1.165) is 11.0 Å². The molecule has 1 unspecified atom stereocenters. The van der Waals surface area contributed by atoms with Crippen molar-refractivity contribution in [1.82, 2.24) is 4.48 Å². The molecule has 0 amide bonds. The van der Waals surface area contributed by atoms with Gasteiger partial charge in [0.05, 0.1) is 12.1 Å². The third-order valence-electron chi connectivity index (χ3n) is 5.67. The highest BCUT2D eigenvalue weighted by Gasteiger charge is 2.41. The fourth-order valence-electron chi connectivity index (χ4n) is 4.41. The Kier molecular flexibility index (Phi) is 4.92. The molecule has 0 N–H and O–H groups in total. The van der Waals surface area contributed by atoms with Crippen LogP contribution in [0, 0.1) is 6.67 Å². The van der Waals surface area contributed by atoms with Crippen LogP contribution in [-0.4, -0.2) is 19.1 Å². The van der Waals surface area contributed by atoms with Gasteiger partial charge in [-0.25, -0.2) is 0 Å². The molecule has 26 heavy (non-hydrogen) atoms. The fourth-order valence-corrected chi connectivity index (χ4v) is 4.41. The molecule has 2 heteroatoms. The molecule has 1 saturated heterocycles. The van der Waals surface area contributed by atoms with E-state index in [-0.39, 0.29) is 5.54 Å². The highest BCUT2D eigenvalue weighted by Crippen LogP contribution is 2.45. The number of hydrogen-bond acceptors (Lipinski definition) is 1. The van der Waals surface area contributed by atoms with Gasteiger partial charge < -0.3 is 9.38 Å². The Bertz CT molecular complexity index is 735. The molecule has 2 aromatic carbocycles. The van der Waals surface area contributed by atoms with Crippen LogP contribution < -0.4 is 9.38 Å². The molecule has 2 nitrogen and oxygen atoms in total. The van der Waals surface area contributed by atoms with Crippen LogP contribution in [0.3, 0.4) is 0 Å². The van der Waals surface area contributed by atoms with Crippen molar-refractivity contribution in [2.45, 2.75) is 58.9 Å². The minimum Gasteiger partial charge on any atom is -0.460 e. The number of anilines is 1. The summed E-state index contributed by atoms with van der Waals surface area (Å²) in [6.07, 6.45) is 0. The SMILES string of the molecule is CC(C)c1cccc(C(C)C)c1N1[CH-][N+](C)(c2ccccc2)CC1(C)C. The Labute approximate surface area is 160 Å². The maximum Gasteiger partial charge on any atom is 0.107 e. The zero-order valence-electron chi connectivity index (χ0n) is 17.5. The van der Waals surface area contributed by atoms with Gasteiger partial charge in [-0.1, -0.05) is 64.1 Å². The number of rotatable bonds is 4.